The van der Waals surface area contributed by atoms with Crippen LogP contribution in [0.25, 0.3) is 33.5 Å². The molecular weight excluding hydrogens is 378 g/mol. The molecule has 9 heteroatoms. The van der Waals surface area contributed by atoms with Crippen molar-refractivity contribution in [2.45, 2.75) is 0 Å². The van der Waals surface area contributed by atoms with E-state index in [1.807, 2.05) is 24.3 Å². The standard InChI is InChI=1S/C19H17N5O3S/c1-27-15-9-13(10-20-11-15)17-7-6-16-18(22-23-19(16)21-17)12-4-3-5-14(8-12)24-28(2,25)26/h3-11,24H,1-2H3,(H,21,22,23). The lowest BCUT2D eigenvalue weighted by Crippen LogP contribution is -2.09. The smallest absolute Gasteiger partial charge is 0.229 e. The van der Waals surface area contributed by atoms with Gasteiger partial charge in [0.2, 0.25) is 10.0 Å². The van der Waals surface area contributed by atoms with Crippen LogP contribution in [-0.4, -0.2) is 41.9 Å². The minimum atomic E-state index is -3.35. The number of pyridine rings is 2. The zero-order valence-corrected chi connectivity index (χ0v) is 16.0. The van der Waals surface area contributed by atoms with Crippen molar-refractivity contribution in [1.82, 2.24) is 20.2 Å². The SMILES string of the molecule is COc1cncc(-c2ccc3c(-c4cccc(NS(C)(=O)=O)c4)[nH]nc3n2)c1. The van der Waals surface area contributed by atoms with Crippen LogP contribution < -0.4 is 9.46 Å². The molecule has 28 heavy (non-hydrogen) atoms. The first-order valence-corrected chi connectivity index (χ1v) is 10.2. The molecule has 1 aromatic carbocycles. The average Bonchev–Trinajstić information content (AvgIpc) is 3.10. The van der Waals surface area contributed by atoms with E-state index in [2.05, 4.69) is 24.9 Å². The topological polar surface area (TPSA) is 110 Å². The van der Waals surface area contributed by atoms with Crippen LogP contribution in [0.1, 0.15) is 0 Å². The lowest BCUT2D eigenvalue weighted by atomic mass is 10.1. The van der Waals surface area contributed by atoms with Gasteiger partial charge in [-0.15, -0.1) is 0 Å². The molecule has 0 spiro atoms. The van der Waals surface area contributed by atoms with Crippen LogP contribution in [0.3, 0.4) is 0 Å². The van der Waals surface area contributed by atoms with Gasteiger partial charge in [-0.2, -0.15) is 5.10 Å². The number of hydrogen-bond donors (Lipinski definition) is 2. The number of fused-ring (bicyclic) bond motifs is 1. The second-order valence-electron chi connectivity index (χ2n) is 6.23. The first-order chi connectivity index (χ1) is 13.4. The van der Waals surface area contributed by atoms with E-state index in [4.69, 9.17) is 4.74 Å². The monoisotopic (exact) mass is 395 g/mol. The number of nitrogens with zero attached hydrogens (tertiary/aromatic N) is 3. The highest BCUT2D eigenvalue weighted by Gasteiger charge is 2.12. The Morgan fingerprint density at radius 2 is 1.93 bits per heavy atom. The molecule has 0 radical (unpaired) electrons. The molecule has 142 valence electrons. The van der Waals surface area contributed by atoms with E-state index in [0.29, 0.717) is 17.1 Å². The molecule has 0 aliphatic carbocycles. The molecule has 3 heterocycles. The van der Waals surface area contributed by atoms with Gasteiger partial charge in [0.25, 0.3) is 0 Å². The first kappa shape index (κ1) is 17.9. The summed E-state index contributed by atoms with van der Waals surface area (Å²) in [6, 6.07) is 12.8. The molecule has 0 atom stereocenters. The Kier molecular flexibility index (Phi) is 4.44. The number of hydrogen-bond acceptors (Lipinski definition) is 6. The van der Waals surface area contributed by atoms with Crippen molar-refractivity contribution in [3.8, 4) is 28.3 Å². The summed E-state index contributed by atoms with van der Waals surface area (Å²) in [5.74, 6) is 0.650. The summed E-state index contributed by atoms with van der Waals surface area (Å²) in [5.41, 5.74) is 4.14. The summed E-state index contributed by atoms with van der Waals surface area (Å²) < 4.78 is 30.6. The predicted octanol–water partition coefficient (Wildman–Crippen LogP) is 3.07. The van der Waals surface area contributed by atoms with Gasteiger partial charge in [0.05, 0.1) is 31.0 Å². The van der Waals surface area contributed by atoms with Crippen molar-refractivity contribution in [3.05, 3.63) is 54.9 Å². The Morgan fingerprint density at radius 1 is 1.07 bits per heavy atom. The van der Waals surface area contributed by atoms with Crippen LogP contribution in [0.5, 0.6) is 5.75 Å². The Balaban J connectivity index is 1.73. The maximum atomic E-state index is 11.5. The van der Waals surface area contributed by atoms with Gasteiger partial charge in [-0.25, -0.2) is 13.4 Å². The van der Waals surface area contributed by atoms with Gasteiger partial charge in [-0.1, -0.05) is 12.1 Å². The Morgan fingerprint density at radius 3 is 2.71 bits per heavy atom. The molecule has 0 unspecified atom stereocenters. The Hall–Kier alpha value is -3.46. The number of nitrogens with one attached hydrogen (secondary N) is 2. The molecule has 0 bridgehead atoms. The van der Waals surface area contributed by atoms with Gasteiger partial charge < -0.3 is 4.74 Å². The third-order valence-electron chi connectivity index (χ3n) is 4.12. The molecule has 4 rings (SSSR count). The lowest BCUT2D eigenvalue weighted by molar-refractivity contribution is 0.413. The maximum absolute atomic E-state index is 11.5. The highest BCUT2D eigenvalue weighted by molar-refractivity contribution is 7.92. The van der Waals surface area contributed by atoms with Gasteiger partial charge >= 0.3 is 0 Å². The van der Waals surface area contributed by atoms with Crippen LogP contribution >= 0.6 is 0 Å². The molecule has 0 fully saturated rings. The van der Waals surface area contributed by atoms with Crippen LogP contribution in [0.4, 0.5) is 5.69 Å². The normalized spacial score (nSPS) is 11.5. The lowest BCUT2D eigenvalue weighted by Gasteiger charge is -2.06. The van der Waals surface area contributed by atoms with Crippen LogP contribution in [-0.2, 0) is 10.0 Å². The summed E-state index contributed by atoms with van der Waals surface area (Å²) >= 11 is 0. The first-order valence-electron chi connectivity index (χ1n) is 8.36. The highest BCUT2D eigenvalue weighted by atomic mass is 32.2. The van der Waals surface area contributed by atoms with E-state index in [0.717, 1.165) is 34.2 Å². The molecule has 8 nitrogen and oxygen atoms in total. The summed E-state index contributed by atoms with van der Waals surface area (Å²) in [6.45, 7) is 0. The Labute approximate surface area is 161 Å². The van der Waals surface area contributed by atoms with Crippen LogP contribution in [0.15, 0.2) is 54.9 Å². The molecule has 0 saturated heterocycles. The van der Waals surface area contributed by atoms with Crippen molar-refractivity contribution in [2.24, 2.45) is 0 Å². The quantitative estimate of drug-likeness (QED) is 0.537. The van der Waals surface area contributed by atoms with Gasteiger partial charge in [0.15, 0.2) is 5.65 Å². The summed E-state index contributed by atoms with van der Waals surface area (Å²) in [4.78, 5) is 8.75. The number of methoxy groups -OCH3 is 1. The van der Waals surface area contributed by atoms with Gasteiger partial charge in [-0.3, -0.25) is 14.8 Å². The fourth-order valence-electron chi connectivity index (χ4n) is 2.90. The van der Waals surface area contributed by atoms with E-state index in [1.165, 1.54) is 0 Å². The fourth-order valence-corrected chi connectivity index (χ4v) is 3.46. The number of H-pyrrole nitrogens is 1. The predicted molar refractivity (Wildman–Crippen MR) is 108 cm³/mol. The van der Waals surface area contributed by atoms with Gasteiger partial charge in [-0.05, 0) is 30.3 Å². The van der Waals surface area contributed by atoms with E-state index < -0.39 is 10.0 Å². The molecule has 4 aromatic rings. The molecule has 0 aliphatic rings. The zero-order valence-electron chi connectivity index (χ0n) is 15.2. The highest BCUT2D eigenvalue weighted by Crippen LogP contribution is 2.29. The number of benzene rings is 1. The molecular formula is C19H17N5O3S. The zero-order chi connectivity index (χ0) is 19.7. The van der Waals surface area contributed by atoms with Crippen molar-refractivity contribution in [3.63, 3.8) is 0 Å². The average molecular weight is 395 g/mol. The van der Waals surface area contributed by atoms with Crippen LogP contribution in [0.2, 0.25) is 0 Å². The van der Waals surface area contributed by atoms with Gasteiger partial charge in [0, 0.05) is 28.4 Å². The third kappa shape index (κ3) is 3.65. The second kappa shape index (κ2) is 6.93. The second-order valence-corrected chi connectivity index (χ2v) is 7.98. The summed E-state index contributed by atoms with van der Waals surface area (Å²) in [5, 5.41) is 8.12. The Bertz CT molecular complexity index is 1270. The number of ether oxygens (including phenoxy) is 1. The maximum Gasteiger partial charge on any atom is 0.229 e. The van der Waals surface area contributed by atoms with Crippen molar-refractivity contribution in [2.75, 3.05) is 18.1 Å². The third-order valence-corrected chi connectivity index (χ3v) is 4.72. The van der Waals surface area contributed by atoms with E-state index >= 15 is 0 Å². The number of aromatic amines is 1. The molecule has 3 aromatic heterocycles. The molecule has 0 saturated carbocycles. The van der Waals surface area contributed by atoms with E-state index in [1.54, 1.807) is 37.7 Å². The number of sulfonamides is 1. The summed E-state index contributed by atoms with van der Waals surface area (Å²) in [6.07, 6.45) is 4.46. The minimum Gasteiger partial charge on any atom is -0.495 e. The van der Waals surface area contributed by atoms with E-state index in [-0.39, 0.29) is 0 Å². The summed E-state index contributed by atoms with van der Waals surface area (Å²) in [7, 11) is -1.76. The minimum absolute atomic E-state index is 0.481. The van der Waals surface area contributed by atoms with Crippen molar-refractivity contribution in [1.29, 1.82) is 0 Å². The fraction of sp³-hybridized carbons (Fsp3) is 0.105. The molecule has 0 aliphatic heterocycles. The number of aromatic nitrogens is 4. The number of anilines is 1. The number of rotatable bonds is 5. The molecule has 2 N–H and O–H groups in total. The van der Waals surface area contributed by atoms with Crippen molar-refractivity contribution >= 4 is 26.7 Å². The van der Waals surface area contributed by atoms with Crippen LogP contribution in [0, 0.1) is 0 Å². The van der Waals surface area contributed by atoms with E-state index in [9.17, 15) is 8.42 Å². The molecule has 0 amide bonds. The largest absolute Gasteiger partial charge is 0.495 e. The van der Waals surface area contributed by atoms with Gasteiger partial charge in [0.1, 0.15) is 5.75 Å². The van der Waals surface area contributed by atoms with Crippen molar-refractivity contribution < 1.29 is 13.2 Å².